The average molecular weight is 454 g/mol. The van der Waals surface area contributed by atoms with Gasteiger partial charge in [-0.15, -0.1) is 10.2 Å². The first-order valence-corrected chi connectivity index (χ1v) is 10.0. The van der Waals surface area contributed by atoms with Crippen molar-refractivity contribution in [3.63, 3.8) is 0 Å². The van der Waals surface area contributed by atoms with Crippen molar-refractivity contribution in [3.8, 4) is 5.75 Å². The van der Waals surface area contributed by atoms with Gasteiger partial charge in [0.2, 0.25) is 5.13 Å². The minimum absolute atomic E-state index is 0.261. The number of amides is 1. The van der Waals surface area contributed by atoms with Crippen molar-refractivity contribution in [2.75, 3.05) is 12.4 Å². The highest BCUT2D eigenvalue weighted by atomic mass is 79.9. The summed E-state index contributed by atoms with van der Waals surface area (Å²) in [4.78, 5) is 12.4. The third-order valence-corrected chi connectivity index (χ3v) is 6.06. The Hall–Kier alpha value is -1.97. The first-order chi connectivity index (χ1) is 12.5. The molecule has 1 amide bonds. The lowest BCUT2D eigenvalue weighted by Gasteiger charge is -2.06. The summed E-state index contributed by atoms with van der Waals surface area (Å²) in [6, 6.07) is 11.5. The third-order valence-electron chi connectivity index (χ3n) is 3.32. The van der Waals surface area contributed by atoms with E-state index in [9.17, 15) is 9.18 Å². The molecule has 0 spiro atoms. The summed E-state index contributed by atoms with van der Waals surface area (Å²) in [5.74, 6) is 0.668. The van der Waals surface area contributed by atoms with E-state index in [0.717, 1.165) is 5.56 Å². The molecule has 0 fully saturated rings. The smallest absolute Gasteiger partial charge is 0.258 e. The van der Waals surface area contributed by atoms with Crippen LogP contribution in [0.5, 0.6) is 5.75 Å². The number of hydrogen-bond donors (Lipinski definition) is 1. The van der Waals surface area contributed by atoms with Gasteiger partial charge in [-0.25, -0.2) is 4.39 Å². The number of halogens is 2. The van der Waals surface area contributed by atoms with Crippen LogP contribution in [-0.4, -0.2) is 23.2 Å². The van der Waals surface area contributed by atoms with Crippen LogP contribution in [0, 0.1) is 5.82 Å². The third kappa shape index (κ3) is 4.80. The van der Waals surface area contributed by atoms with E-state index < -0.39 is 0 Å². The number of carbonyl (C=O) groups excluding carboxylic acids is 1. The van der Waals surface area contributed by atoms with Crippen molar-refractivity contribution >= 4 is 50.1 Å². The molecule has 1 heterocycles. The van der Waals surface area contributed by atoms with Crippen LogP contribution in [-0.2, 0) is 5.75 Å². The maximum absolute atomic E-state index is 12.9. The molecule has 134 valence electrons. The van der Waals surface area contributed by atoms with E-state index in [4.69, 9.17) is 4.74 Å². The van der Waals surface area contributed by atoms with E-state index in [1.165, 1.54) is 35.2 Å². The number of nitrogens with zero attached hydrogens (tertiary/aromatic N) is 2. The molecule has 0 aliphatic carbocycles. The highest BCUT2D eigenvalue weighted by Gasteiger charge is 2.14. The summed E-state index contributed by atoms with van der Waals surface area (Å²) in [6.45, 7) is 0. The number of ether oxygens (including phenoxy) is 1. The average Bonchev–Trinajstić information content (AvgIpc) is 3.09. The number of aromatic nitrogens is 2. The molecule has 0 aliphatic rings. The maximum Gasteiger partial charge on any atom is 0.258 e. The van der Waals surface area contributed by atoms with E-state index in [2.05, 4.69) is 31.4 Å². The predicted molar refractivity (Wildman–Crippen MR) is 105 cm³/mol. The Balaban J connectivity index is 1.63. The van der Waals surface area contributed by atoms with Crippen molar-refractivity contribution in [2.45, 2.75) is 10.1 Å². The van der Waals surface area contributed by atoms with Crippen LogP contribution in [0.1, 0.15) is 15.9 Å². The Bertz CT molecular complexity index is 919. The number of rotatable bonds is 6. The van der Waals surface area contributed by atoms with Gasteiger partial charge in [-0.05, 0) is 51.8 Å². The zero-order chi connectivity index (χ0) is 18.5. The van der Waals surface area contributed by atoms with Gasteiger partial charge in [-0.1, -0.05) is 35.2 Å². The Kier molecular flexibility index (Phi) is 6.23. The predicted octanol–water partition coefficient (Wildman–Crippen LogP) is 4.99. The molecule has 1 N–H and O–H groups in total. The van der Waals surface area contributed by atoms with Crippen LogP contribution in [0.25, 0.3) is 0 Å². The number of methoxy groups -OCH3 is 1. The molecule has 3 rings (SSSR count). The lowest BCUT2D eigenvalue weighted by atomic mass is 10.2. The number of nitrogens with one attached hydrogen (secondary N) is 1. The van der Waals surface area contributed by atoms with E-state index in [0.29, 0.717) is 31.0 Å². The minimum Gasteiger partial charge on any atom is -0.497 e. The SMILES string of the molecule is COc1ccc(Br)c(C(=O)Nc2nnc(SCc3ccc(F)cc3)s2)c1. The van der Waals surface area contributed by atoms with Crippen LogP contribution in [0.4, 0.5) is 9.52 Å². The molecule has 0 saturated heterocycles. The molecule has 9 heteroatoms. The lowest BCUT2D eigenvalue weighted by molar-refractivity contribution is 0.102. The Morgan fingerprint density at radius 3 is 2.77 bits per heavy atom. The van der Waals surface area contributed by atoms with Crippen LogP contribution in [0.15, 0.2) is 51.3 Å². The summed E-state index contributed by atoms with van der Waals surface area (Å²) in [5.41, 5.74) is 1.43. The number of anilines is 1. The normalized spacial score (nSPS) is 10.6. The number of carbonyl (C=O) groups is 1. The van der Waals surface area contributed by atoms with Crippen LogP contribution >= 0.6 is 39.0 Å². The van der Waals surface area contributed by atoms with Gasteiger partial charge in [0.1, 0.15) is 11.6 Å². The minimum atomic E-state index is -0.304. The number of hydrogen-bond acceptors (Lipinski definition) is 6. The molecule has 26 heavy (non-hydrogen) atoms. The molecule has 0 aliphatic heterocycles. The molecule has 3 aromatic rings. The molecule has 0 atom stereocenters. The second kappa shape index (κ2) is 8.61. The van der Waals surface area contributed by atoms with Crippen molar-refractivity contribution < 1.29 is 13.9 Å². The number of thioether (sulfide) groups is 1. The topological polar surface area (TPSA) is 64.1 Å². The molecule has 0 bridgehead atoms. The molecule has 0 radical (unpaired) electrons. The van der Waals surface area contributed by atoms with Gasteiger partial charge in [-0.3, -0.25) is 10.1 Å². The maximum atomic E-state index is 12.9. The molecule has 2 aromatic carbocycles. The number of benzene rings is 2. The largest absolute Gasteiger partial charge is 0.497 e. The zero-order valence-corrected chi connectivity index (χ0v) is 16.8. The first kappa shape index (κ1) is 18.8. The quantitative estimate of drug-likeness (QED) is 0.420. The molecular weight excluding hydrogens is 441 g/mol. The molecule has 0 unspecified atom stereocenters. The molecule has 0 saturated carbocycles. The molecular formula is C17H13BrFN3O2S2. The van der Waals surface area contributed by atoms with E-state index in [1.807, 2.05) is 0 Å². The van der Waals surface area contributed by atoms with Gasteiger partial charge < -0.3 is 4.74 Å². The monoisotopic (exact) mass is 453 g/mol. The molecule has 1 aromatic heterocycles. The van der Waals surface area contributed by atoms with Crippen molar-refractivity contribution in [3.05, 3.63) is 63.9 Å². The van der Waals surface area contributed by atoms with Crippen LogP contribution < -0.4 is 10.1 Å². The summed E-state index contributed by atoms with van der Waals surface area (Å²) >= 11 is 6.11. The first-order valence-electron chi connectivity index (χ1n) is 7.41. The summed E-state index contributed by atoms with van der Waals surface area (Å²) in [5, 5.41) is 11.2. The fraction of sp³-hybridized carbons (Fsp3) is 0.118. The standard InChI is InChI=1S/C17H13BrFN3O2S2/c1-24-12-6-7-14(18)13(8-12)15(23)20-16-21-22-17(26-16)25-9-10-2-4-11(19)5-3-10/h2-8H,9H2,1H3,(H,20,21,23). The summed E-state index contributed by atoms with van der Waals surface area (Å²) in [7, 11) is 1.54. The van der Waals surface area contributed by atoms with Gasteiger partial charge >= 0.3 is 0 Å². The van der Waals surface area contributed by atoms with Gasteiger partial charge in [-0.2, -0.15) is 0 Å². The Morgan fingerprint density at radius 2 is 2.04 bits per heavy atom. The second-order valence-electron chi connectivity index (χ2n) is 5.09. The van der Waals surface area contributed by atoms with E-state index in [-0.39, 0.29) is 11.7 Å². The van der Waals surface area contributed by atoms with Crippen molar-refractivity contribution in [2.24, 2.45) is 0 Å². The summed E-state index contributed by atoms with van der Waals surface area (Å²) < 4.78 is 19.4. The van der Waals surface area contributed by atoms with Gasteiger partial charge in [0.25, 0.3) is 5.91 Å². The van der Waals surface area contributed by atoms with Crippen molar-refractivity contribution in [1.82, 2.24) is 10.2 Å². The Labute approximate surface area is 166 Å². The second-order valence-corrected chi connectivity index (χ2v) is 8.14. The zero-order valence-electron chi connectivity index (χ0n) is 13.5. The summed E-state index contributed by atoms with van der Waals surface area (Å²) in [6.07, 6.45) is 0. The van der Waals surface area contributed by atoms with Gasteiger partial charge in [0.15, 0.2) is 4.34 Å². The van der Waals surface area contributed by atoms with Gasteiger partial charge in [0.05, 0.1) is 12.7 Å². The highest BCUT2D eigenvalue weighted by molar-refractivity contribution is 9.10. The van der Waals surface area contributed by atoms with Crippen molar-refractivity contribution in [1.29, 1.82) is 0 Å². The van der Waals surface area contributed by atoms with E-state index >= 15 is 0 Å². The van der Waals surface area contributed by atoms with E-state index in [1.54, 1.807) is 37.4 Å². The fourth-order valence-corrected chi connectivity index (χ4v) is 4.14. The fourth-order valence-electron chi connectivity index (χ4n) is 2.01. The van der Waals surface area contributed by atoms with Crippen LogP contribution in [0.2, 0.25) is 0 Å². The Morgan fingerprint density at radius 1 is 1.27 bits per heavy atom. The van der Waals surface area contributed by atoms with Gasteiger partial charge in [0, 0.05) is 10.2 Å². The molecule has 5 nitrogen and oxygen atoms in total. The lowest BCUT2D eigenvalue weighted by Crippen LogP contribution is -2.12. The van der Waals surface area contributed by atoms with Crippen LogP contribution in [0.3, 0.4) is 0 Å². The highest BCUT2D eigenvalue weighted by Crippen LogP contribution is 2.29.